The number of aryl methyl sites for hydroxylation is 1. The minimum absolute atomic E-state index is 0.0804. The van der Waals surface area contributed by atoms with Gasteiger partial charge in [0, 0.05) is 49.7 Å². The maximum atomic E-state index is 13.7. The van der Waals surface area contributed by atoms with Gasteiger partial charge in [0.05, 0.1) is 18.4 Å². The van der Waals surface area contributed by atoms with Crippen molar-refractivity contribution in [2.45, 2.75) is 51.9 Å². The van der Waals surface area contributed by atoms with Crippen LogP contribution in [0.1, 0.15) is 31.0 Å². The highest BCUT2D eigenvalue weighted by molar-refractivity contribution is 6.03. The minimum atomic E-state index is -0.569. The third-order valence-corrected chi connectivity index (χ3v) is 6.70. The number of hydrogen-bond acceptors (Lipinski definition) is 7. The molecule has 2 aromatic heterocycles. The zero-order chi connectivity index (χ0) is 24.7. The Morgan fingerprint density at radius 2 is 1.97 bits per heavy atom. The van der Waals surface area contributed by atoms with E-state index in [0.29, 0.717) is 41.9 Å². The number of fused-ring (bicyclic) bond motifs is 1. The van der Waals surface area contributed by atoms with Gasteiger partial charge in [-0.2, -0.15) is 10.1 Å². The first-order valence-electron chi connectivity index (χ1n) is 11.7. The van der Waals surface area contributed by atoms with Crippen molar-refractivity contribution in [2.24, 2.45) is 0 Å². The highest BCUT2D eigenvalue weighted by atomic mass is 19.1. The normalized spacial score (nSPS) is 19.6. The van der Waals surface area contributed by atoms with E-state index >= 15 is 0 Å². The molecule has 0 spiro atoms. The van der Waals surface area contributed by atoms with E-state index < -0.39 is 11.6 Å². The summed E-state index contributed by atoms with van der Waals surface area (Å²) in [6.45, 7) is 5.52. The van der Waals surface area contributed by atoms with Crippen LogP contribution in [0.4, 0.5) is 31.9 Å². The molecule has 0 unspecified atom stereocenters. The third-order valence-electron chi connectivity index (χ3n) is 6.70. The molecule has 1 saturated heterocycles. The van der Waals surface area contributed by atoms with Crippen LogP contribution in [-0.2, 0) is 17.9 Å². The number of carbonyl (C=O) groups excluding carboxylic acids is 1. The zero-order valence-electron chi connectivity index (χ0n) is 19.9. The SMILES string of the molecule is Cc1nc(NCc2cnn(C[C@@H]3CCCN3c3cc(F)cc(F)c3)c2)nc2c1NC(=O)[C@H](C)N2C. The first-order chi connectivity index (χ1) is 16.8. The fourth-order valence-corrected chi connectivity index (χ4v) is 4.69. The van der Waals surface area contributed by atoms with Gasteiger partial charge >= 0.3 is 0 Å². The van der Waals surface area contributed by atoms with E-state index in [9.17, 15) is 13.6 Å². The molecule has 5 rings (SSSR count). The van der Waals surface area contributed by atoms with Gasteiger partial charge in [0.2, 0.25) is 11.9 Å². The summed E-state index contributed by atoms with van der Waals surface area (Å²) in [5, 5.41) is 10.6. The molecule has 1 fully saturated rings. The lowest BCUT2D eigenvalue weighted by atomic mass is 10.2. The van der Waals surface area contributed by atoms with Crippen molar-refractivity contribution in [3.63, 3.8) is 0 Å². The number of hydrogen-bond donors (Lipinski definition) is 2. The van der Waals surface area contributed by atoms with Crippen molar-refractivity contribution >= 4 is 29.0 Å². The Morgan fingerprint density at radius 1 is 1.20 bits per heavy atom. The highest BCUT2D eigenvalue weighted by Gasteiger charge is 2.30. The first kappa shape index (κ1) is 23.0. The largest absolute Gasteiger partial charge is 0.367 e. The van der Waals surface area contributed by atoms with Crippen molar-refractivity contribution in [1.29, 1.82) is 0 Å². The monoisotopic (exact) mass is 482 g/mol. The lowest BCUT2D eigenvalue weighted by molar-refractivity contribution is -0.117. The van der Waals surface area contributed by atoms with Gasteiger partial charge in [-0.1, -0.05) is 0 Å². The Labute approximate surface area is 202 Å². The van der Waals surface area contributed by atoms with Crippen LogP contribution in [0.2, 0.25) is 0 Å². The van der Waals surface area contributed by atoms with E-state index in [0.717, 1.165) is 31.0 Å². The predicted molar refractivity (Wildman–Crippen MR) is 130 cm³/mol. The summed E-state index contributed by atoms with van der Waals surface area (Å²) in [6.07, 6.45) is 5.63. The Morgan fingerprint density at radius 3 is 2.74 bits per heavy atom. The van der Waals surface area contributed by atoms with Crippen LogP contribution in [0.25, 0.3) is 0 Å². The fraction of sp³-hybridized carbons (Fsp3) is 0.417. The van der Waals surface area contributed by atoms with Crippen LogP contribution in [0.5, 0.6) is 0 Å². The molecule has 0 bridgehead atoms. The third kappa shape index (κ3) is 4.62. The van der Waals surface area contributed by atoms with Gasteiger partial charge in [-0.15, -0.1) is 0 Å². The van der Waals surface area contributed by atoms with Gasteiger partial charge in [0.25, 0.3) is 0 Å². The molecule has 11 heteroatoms. The summed E-state index contributed by atoms with van der Waals surface area (Å²) in [6, 6.07) is 3.44. The molecular formula is C24H28F2N8O. The molecule has 9 nitrogen and oxygen atoms in total. The van der Waals surface area contributed by atoms with Crippen LogP contribution in [0.3, 0.4) is 0 Å². The average molecular weight is 483 g/mol. The molecule has 0 radical (unpaired) electrons. The summed E-state index contributed by atoms with van der Waals surface area (Å²) in [5.41, 5.74) is 2.85. The molecule has 3 aromatic rings. The molecule has 0 aliphatic carbocycles. The van der Waals surface area contributed by atoms with E-state index in [4.69, 9.17) is 0 Å². The smallest absolute Gasteiger partial charge is 0.246 e. The molecular weight excluding hydrogens is 454 g/mol. The Hall–Kier alpha value is -3.76. The predicted octanol–water partition coefficient (Wildman–Crippen LogP) is 3.32. The number of nitrogens with zero attached hydrogens (tertiary/aromatic N) is 6. The maximum Gasteiger partial charge on any atom is 0.246 e. The topological polar surface area (TPSA) is 91.2 Å². The van der Waals surface area contributed by atoms with Gasteiger partial charge in [0.1, 0.15) is 23.4 Å². The number of rotatable bonds is 6. The molecule has 2 aliphatic rings. The van der Waals surface area contributed by atoms with E-state index in [1.165, 1.54) is 12.1 Å². The van der Waals surface area contributed by atoms with Gasteiger partial charge < -0.3 is 20.4 Å². The van der Waals surface area contributed by atoms with Crippen molar-refractivity contribution in [2.75, 3.05) is 34.0 Å². The second kappa shape index (κ2) is 9.12. The molecule has 2 atom stereocenters. The second-order valence-corrected chi connectivity index (χ2v) is 9.15. The standard InChI is InChI=1S/C24H28F2N8O/c1-14-21-22(32(3)15(2)23(35)30-21)31-24(29-14)27-10-16-11-28-33(12-16)13-19-5-4-6-34(19)20-8-17(25)7-18(26)9-20/h7-9,11-12,15,19H,4-6,10,13H2,1-3H3,(H,30,35)(H,27,29,31)/t15-,19-/m0/s1. The maximum absolute atomic E-state index is 13.7. The number of amides is 1. The van der Waals surface area contributed by atoms with Gasteiger partial charge in [0.15, 0.2) is 5.82 Å². The Bertz CT molecular complexity index is 1240. The second-order valence-electron chi connectivity index (χ2n) is 9.15. The Balaban J connectivity index is 1.25. The number of carbonyl (C=O) groups is 1. The number of anilines is 4. The summed E-state index contributed by atoms with van der Waals surface area (Å²) in [7, 11) is 1.84. The van der Waals surface area contributed by atoms with Crippen LogP contribution in [0, 0.1) is 18.6 Å². The Kier molecular flexibility index (Phi) is 6.00. The van der Waals surface area contributed by atoms with E-state index in [2.05, 4.69) is 25.7 Å². The number of benzene rings is 1. The number of likely N-dealkylation sites (N-methyl/N-ethyl adjacent to an activating group) is 1. The lowest BCUT2D eigenvalue weighted by Crippen LogP contribution is -2.44. The average Bonchev–Trinajstić information content (AvgIpc) is 3.46. The number of halogens is 2. The zero-order valence-corrected chi connectivity index (χ0v) is 19.9. The quantitative estimate of drug-likeness (QED) is 0.557. The van der Waals surface area contributed by atoms with E-state index in [1.54, 1.807) is 6.20 Å². The molecule has 35 heavy (non-hydrogen) atoms. The van der Waals surface area contributed by atoms with Crippen molar-refractivity contribution in [3.8, 4) is 0 Å². The minimum Gasteiger partial charge on any atom is -0.367 e. The molecule has 0 saturated carbocycles. The fourth-order valence-electron chi connectivity index (χ4n) is 4.69. The van der Waals surface area contributed by atoms with Gasteiger partial charge in [-0.05, 0) is 38.8 Å². The van der Waals surface area contributed by atoms with Crippen LogP contribution < -0.4 is 20.4 Å². The van der Waals surface area contributed by atoms with E-state index in [1.807, 2.05) is 41.6 Å². The number of aromatic nitrogens is 4. The number of nitrogens with one attached hydrogen (secondary N) is 2. The van der Waals surface area contributed by atoms with Crippen LogP contribution >= 0.6 is 0 Å². The van der Waals surface area contributed by atoms with Crippen LogP contribution in [0.15, 0.2) is 30.6 Å². The molecule has 2 aliphatic heterocycles. The molecule has 2 N–H and O–H groups in total. The summed E-state index contributed by atoms with van der Waals surface area (Å²) >= 11 is 0. The molecule has 4 heterocycles. The summed E-state index contributed by atoms with van der Waals surface area (Å²) in [4.78, 5) is 25.1. The molecule has 184 valence electrons. The first-order valence-corrected chi connectivity index (χ1v) is 11.7. The highest BCUT2D eigenvalue weighted by Crippen LogP contribution is 2.32. The summed E-state index contributed by atoms with van der Waals surface area (Å²) in [5.74, 6) is -0.0677. The van der Waals surface area contributed by atoms with Gasteiger partial charge in [-0.3, -0.25) is 9.48 Å². The van der Waals surface area contributed by atoms with Crippen LogP contribution in [-0.4, -0.2) is 51.3 Å². The van der Waals surface area contributed by atoms with E-state index in [-0.39, 0.29) is 18.0 Å². The van der Waals surface area contributed by atoms with Gasteiger partial charge in [-0.25, -0.2) is 13.8 Å². The van der Waals surface area contributed by atoms with Crippen molar-refractivity contribution < 1.29 is 13.6 Å². The summed E-state index contributed by atoms with van der Waals surface area (Å²) < 4.78 is 29.3. The van der Waals surface area contributed by atoms with Crippen molar-refractivity contribution in [1.82, 2.24) is 19.7 Å². The molecule has 1 amide bonds. The lowest BCUT2D eigenvalue weighted by Gasteiger charge is -2.32. The van der Waals surface area contributed by atoms with Crippen molar-refractivity contribution in [3.05, 3.63) is 53.5 Å². The molecule has 1 aromatic carbocycles.